The Labute approximate surface area is 194 Å². The van der Waals surface area contributed by atoms with Crippen LogP contribution in [-0.4, -0.2) is 61.9 Å². The Morgan fingerprint density at radius 2 is 1.59 bits per heavy atom. The van der Waals surface area contributed by atoms with Gasteiger partial charge in [0.15, 0.2) is 0 Å². The van der Waals surface area contributed by atoms with Crippen molar-refractivity contribution in [2.45, 2.75) is 99.5 Å². The van der Waals surface area contributed by atoms with Crippen LogP contribution in [0.3, 0.4) is 0 Å². The number of ether oxygens (including phenoxy) is 2. The van der Waals surface area contributed by atoms with E-state index < -0.39 is 11.9 Å². The summed E-state index contributed by atoms with van der Waals surface area (Å²) in [6.45, 7) is 16.6. The van der Waals surface area contributed by atoms with Crippen LogP contribution in [0.15, 0.2) is 0 Å². The second kappa shape index (κ2) is 23.7. The van der Waals surface area contributed by atoms with E-state index >= 15 is 0 Å². The topological polar surface area (TPSA) is 120 Å². The molecule has 32 heavy (non-hydrogen) atoms. The van der Waals surface area contributed by atoms with Crippen LogP contribution in [0.4, 0.5) is 9.32 Å². The van der Waals surface area contributed by atoms with Gasteiger partial charge in [0.25, 0.3) is 0 Å². The average Bonchev–Trinajstić information content (AvgIpc) is 2.77. The Morgan fingerprint density at radius 1 is 1.16 bits per heavy atom. The largest absolute Gasteiger partial charge is 0.414 e. The summed E-state index contributed by atoms with van der Waals surface area (Å²) in [4.78, 5) is 37.6. The van der Waals surface area contributed by atoms with Gasteiger partial charge in [0.1, 0.15) is 6.54 Å². The van der Waals surface area contributed by atoms with Crippen molar-refractivity contribution in [1.29, 1.82) is 0 Å². The van der Waals surface area contributed by atoms with Crippen LogP contribution >= 0.6 is 0 Å². The first-order valence-electron chi connectivity index (χ1n) is 11.2. The van der Waals surface area contributed by atoms with Gasteiger partial charge in [-0.3, -0.25) is 9.59 Å². The van der Waals surface area contributed by atoms with E-state index in [1.807, 2.05) is 27.7 Å². The minimum atomic E-state index is -1.71. The van der Waals surface area contributed by atoms with Gasteiger partial charge in [-0.25, -0.2) is 4.79 Å². The highest BCUT2D eigenvalue weighted by molar-refractivity contribution is 5.82. The minimum Gasteiger partial charge on any atom is -0.414 e. The van der Waals surface area contributed by atoms with Crippen molar-refractivity contribution in [3.05, 3.63) is 0 Å². The molecular weight excluding hydrogens is 421 g/mol. The predicted octanol–water partition coefficient (Wildman–Crippen LogP) is 4.19. The van der Waals surface area contributed by atoms with Crippen LogP contribution in [0.1, 0.15) is 81.6 Å². The van der Waals surface area contributed by atoms with E-state index in [9.17, 15) is 14.1 Å². The molecule has 0 aromatic rings. The van der Waals surface area contributed by atoms with Crippen molar-refractivity contribution in [2.24, 2.45) is 11.7 Å². The van der Waals surface area contributed by atoms with Gasteiger partial charge in [-0.05, 0) is 16.9 Å². The van der Waals surface area contributed by atoms with E-state index in [-0.39, 0.29) is 36.9 Å². The average molecular weight is 470 g/mol. The quantitative estimate of drug-likeness (QED) is 0.366. The molecule has 9 nitrogen and oxygen atoms in total. The number of hydrogen-bond donors (Lipinski definition) is 2. The molecule has 0 aromatic carbocycles. The van der Waals surface area contributed by atoms with Gasteiger partial charge in [0, 0.05) is 28.0 Å². The van der Waals surface area contributed by atoms with Crippen molar-refractivity contribution >= 4 is 18.4 Å². The molecule has 0 radical (unpaired) electrons. The molecule has 3 atom stereocenters. The number of amides is 3. The number of rotatable bonds is 10. The van der Waals surface area contributed by atoms with Gasteiger partial charge in [-0.2, -0.15) is 0 Å². The first-order valence-corrected chi connectivity index (χ1v) is 11.2. The number of primary amides is 1. The Morgan fingerprint density at radius 3 is 1.91 bits per heavy atom. The molecule has 0 fully saturated rings. The van der Waals surface area contributed by atoms with Crippen molar-refractivity contribution in [1.82, 2.24) is 10.2 Å². The highest BCUT2D eigenvalue weighted by Gasteiger charge is 2.32. The number of alkyl carbamates (subject to hydrolysis) is 1. The summed E-state index contributed by atoms with van der Waals surface area (Å²) < 4.78 is 22.4. The maximum atomic E-state index is 12.4. The molecule has 0 bridgehead atoms. The maximum absolute atomic E-state index is 12.4. The lowest BCUT2D eigenvalue weighted by Gasteiger charge is -2.37. The molecule has 0 spiro atoms. The van der Waals surface area contributed by atoms with Gasteiger partial charge in [0.2, 0.25) is 18.1 Å². The van der Waals surface area contributed by atoms with Crippen LogP contribution in [0.2, 0.25) is 0 Å². The lowest BCUT2D eigenvalue weighted by Crippen LogP contribution is -2.51. The van der Waals surface area contributed by atoms with Crippen molar-refractivity contribution in [3.8, 4) is 0 Å². The number of hydrogen-bond acceptors (Lipinski definition) is 6. The fraction of sp³-hybridized carbons (Fsp3) is 0.864. The molecule has 0 saturated carbocycles. The number of nitrogens with two attached hydrogens (primary N) is 1. The van der Waals surface area contributed by atoms with Crippen LogP contribution in [0, 0.1) is 5.92 Å². The summed E-state index contributed by atoms with van der Waals surface area (Å²) in [7, 11) is 3.30. The Hall–Kier alpha value is -1.94. The molecule has 0 rings (SSSR count). The fourth-order valence-electron chi connectivity index (χ4n) is 2.50. The monoisotopic (exact) mass is 469 g/mol. The molecule has 3 N–H and O–H groups in total. The lowest BCUT2D eigenvalue weighted by molar-refractivity contribution is -0.307. The molecule has 194 valence electrons. The zero-order chi connectivity index (χ0) is 26.3. The summed E-state index contributed by atoms with van der Waals surface area (Å²) in [5.74, 6) is -1.76. The SMILES string of the molecule is CC.CCC.CCC(C)C(C(CC)OC)N(C)C(=O)CNC(=O)OC(C)(C)OF.NC=O. The zero-order valence-electron chi connectivity index (χ0n) is 22.0. The predicted molar refractivity (Wildman–Crippen MR) is 125 cm³/mol. The first kappa shape index (κ1) is 37.4. The highest BCUT2D eigenvalue weighted by atomic mass is 19.3. The van der Waals surface area contributed by atoms with Crippen molar-refractivity contribution in [2.75, 3.05) is 20.7 Å². The second-order valence-electron chi connectivity index (χ2n) is 7.13. The number of likely N-dealkylation sites (N-methyl/N-ethyl adjacent to an activating group) is 1. The van der Waals surface area contributed by atoms with Crippen LogP contribution < -0.4 is 11.1 Å². The molecule has 0 aliphatic rings. The summed E-state index contributed by atoms with van der Waals surface area (Å²) in [6, 6.07) is -0.110. The third-order valence-electron chi connectivity index (χ3n) is 4.06. The molecular formula is C22H48FN3O6. The van der Waals surface area contributed by atoms with E-state index in [1.165, 1.54) is 20.3 Å². The first-order chi connectivity index (χ1) is 15.0. The molecule has 0 aliphatic heterocycles. The van der Waals surface area contributed by atoms with E-state index in [4.69, 9.17) is 14.3 Å². The van der Waals surface area contributed by atoms with Crippen LogP contribution in [-0.2, 0) is 24.0 Å². The van der Waals surface area contributed by atoms with Crippen molar-refractivity contribution < 1.29 is 33.3 Å². The summed E-state index contributed by atoms with van der Waals surface area (Å²) in [5, 5.41) is 2.30. The summed E-state index contributed by atoms with van der Waals surface area (Å²) in [5.41, 5.74) is 4.17. The van der Waals surface area contributed by atoms with E-state index in [0.717, 1.165) is 12.8 Å². The van der Waals surface area contributed by atoms with Gasteiger partial charge in [0.05, 0.1) is 12.1 Å². The maximum Gasteiger partial charge on any atom is 0.410 e. The number of carbonyl (C=O) groups is 3. The van der Waals surface area contributed by atoms with E-state index in [1.54, 1.807) is 19.1 Å². The number of nitrogens with zero attached hydrogens (tertiary/aromatic N) is 1. The lowest BCUT2D eigenvalue weighted by atomic mass is 9.91. The smallest absolute Gasteiger partial charge is 0.410 e. The van der Waals surface area contributed by atoms with E-state index in [0.29, 0.717) is 0 Å². The molecule has 0 aliphatic carbocycles. The Bertz CT molecular complexity index is 463. The highest BCUT2D eigenvalue weighted by Crippen LogP contribution is 2.21. The van der Waals surface area contributed by atoms with Gasteiger partial charge >= 0.3 is 6.09 Å². The normalized spacial score (nSPS) is 12.6. The summed E-state index contributed by atoms with van der Waals surface area (Å²) >= 11 is 0. The Balaban J connectivity index is -0.000000426. The molecule has 0 heterocycles. The molecule has 0 aromatic heterocycles. The standard InChI is InChI=1S/C16H31FN2O5.C3H8.C2H6.CH3NO/c1-8-11(3)14(12(9-2)22-7)19(6)13(20)10-18-15(21)23-16(4,5)24-17;1-3-2;1-2;2-1-3/h11-12,14H,8-10H2,1-7H3,(H,18,21);3H2,1-2H3;1-2H3;1H,(H2,2,3). The number of halogens is 1. The third kappa shape index (κ3) is 18.8. The minimum absolute atomic E-state index is 0.0975. The Kier molecular flexibility index (Phi) is 27.7. The molecule has 10 heteroatoms. The van der Waals surface area contributed by atoms with Gasteiger partial charge < -0.3 is 25.4 Å². The number of methoxy groups -OCH3 is 1. The second-order valence-corrected chi connectivity index (χ2v) is 7.13. The van der Waals surface area contributed by atoms with Crippen LogP contribution in [0.25, 0.3) is 0 Å². The van der Waals surface area contributed by atoms with Crippen molar-refractivity contribution in [3.63, 3.8) is 0 Å². The number of nitrogens with one attached hydrogen (secondary N) is 1. The zero-order valence-corrected chi connectivity index (χ0v) is 22.0. The van der Waals surface area contributed by atoms with Crippen LogP contribution in [0.5, 0.6) is 0 Å². The molecule has 3 unspecified atom stereocenters. The van der Waals surface area contributed by atoms with Gasteiger partial charge in [-0.1, -0.05) is 61.3 Å². The van der Waals surface area contributed by atoms with E-state index in [2.05, 4.69) is 36.8 Å². The molecule has 0 saturated heterocycles. The van der Waals surface area contributed by atoms with Gasteiger partial charge in [-0.15, -0.1) is 4.94 Å². The third-order valence-corrected chi connectivity index (χ3v) is 4.06. The number of carbonyl (C=O) groups excluding carboxylic acids is 3. The molecule has 3 amide bonds. The fourth-order valence-corrected chi connectivity index (χ4v) is 2.50. The summed E-state index contributed by atoms with van der Waals surface area (Å²) in [6.07, 6.45) is 2.12.